The fourth-order valence-electron chi connectivity index (χ4n) is 0.731. The first-order valence-corrected chi connectivity index (χ1v) is 4.44. The van der Waals surface area contributed by atoms with Crippen LogP contribution in [0.15, 0.2) is 4.99 Å². The Kier molecular flexibility index (Phi) is 1.98. The van der Waals surface area contributed by atoms with Gasteiger partial charge >= 0.3 is 0 Å². The van der Waals surface area contributed by atoms with Crippen LogP contribution in [0.1, 0.15) is 13.8 Å². The Morgan fingerprint density at radius 1 is 1.78 bits per heavy atom. The maximum atomic E-state index is 5.26. The van der Waals surface area contributed by atoms with Crippen molar-refractivity contribution in [3.05, 3.63) is 0 Å². The molecule has 2 nitrogen and oxygen atoms in total. The summed E-state index contributed by atoms with van der Waals surface area (Å²) >= 11 is 2.25. The molecule has 0 N–H and O–H groups in total. The van der Waals surface area contributed by atoms with Gasteiger partial charge in [-0.3, -0.25) is 0 Å². The summed E-state index contributed by atoms with van der Waals surface area (Å²) < 4.78 is 6.15. The minimum absolute atomic E-state index is 0.0283. The average Bonchev–Trinajstić information content (AvgIpc) is 2.10. The molecule has 0 fully saturated rings. The van der Waals surface area contributed by atoms with Crippen LogP contribution in [-0.4, -0.2) is 22.5 Å². The second kappa shape index (κ2) is 2.44. The number of rotatable bonds is 1. The van der Waals surface area contributed by atoms with Crippen LogP contribution in [0, 0.1) is 0 Å². The van der Waals surface area contributed by atoms with Gasteiger partial charge < -0.3 is 4.74 Å². The Bertz CT molecular complexity index is 142. The minimum Gasteiger partial charge on any atom is -0.478 e. The first-order chi connectivity index (χ1) is 4.14. The molecule has 0 unspecified atom stereocenters. The van der Waals surface area contributed by atoms with Crippen LogP contribution in [0.25, 0.3) is 0 Å². The largest absolute Gasteiger partial charge is 0.478 e. The lowest BCUT2D eigenvalue weighted by Gasteiger charge is -2.07. The molecule has 0 atom stereocenters. The van der Waals surface area contributed by atoms with Crippen molar-refractivity contribution in [3.8, 4) is 0 Å². The van der Waals surface area contributed by atoms with Crippen LogP contribution >= 0.6 is 22.6 Å². The molecule has 3 heteroatoms. The van der Waals surface area contributed by atoms with Gasteiger partial charge in [0.1, 0.15) is 6.61 Å². The molecule has 1 rings (SSSR count). The summed E-state index contributed by atoms with van der Waals surface area (Å²) in [5.74, 6) is 0.889. The fraction of sp³-hybridized carbons (Fsp3) is 0.833. The first kappa shape index (κ1) is 7.31. The van der Waals surface area contributed by atoms with Gasteiger partial charge in [0, 0.05) is 0 Å². The Balaban J connectivity index is 2.61. The second-order valence-corrected chi connectivity index (χ2v) is 3.50. The summed E-state index contributed by atoms with van der Waals surface area (Å²) in [7, 11) is 0. The molecule has 1 aliphatic heterocycles. The predicted molar refractivity (Wildman–Crippen MR) is 46.4 cm³/mol. The van der Waals surface area contributed by atoms with Crippen LogP contribution in [-0.2, 0) is 4.74 Å². The van der Waals surface area contributed by atoms with Gasteiger partial charge in [-0.2, -0.15) is 0 Å². The van der Waals surface area contributed by atoms with Crippen LogP contribution in [0.2, 0.25) is 0 Å². The molecule has 0 saturated carbocycles. The van der Waals surface area contributed by atoms with Crippen LogP contribution in [0.3, 0.4) is 0 Å². The molecular weight excluding hydrogens is 229 g/mol. The van der Waals surface area contributed by atoms with E-state index < -0.39 is 0 Å². The molecule has 0 aromatic rings. The molecule has 0 saturated heterocycles. The Hall–Kier alpha value is 0.200. The topological polar surface area (TPSA) is 21.6 Å². The normalized spacial score (nSPS) is 23.2. The standard InChI is InChI=1S/C6H10INO/c1-6(2)4-9-5(3-7)8-6/h3-4H2,1-2H3. The lowest BCUT2D eigenvalue weighted by atomic mass is 10.1. The molecule has 0 aliphatic carbocycles. The summed E-state index contributed by atoms with van der Waals surface area (Å²) in [6.45, 7) is 4.89. The Morgan fingerprint density at radius 3 is 2.67 bits per heavy atom. The van der Waals surface area contributed by atoms with Gasteiger partial charge in [0.05, 0.1) is 9.97 Å². The summed E-state index contributed by atoms with van der Waals surface area (Å²) in [6.07, 6.45) is 0. The molecule has 0 bridgehead atoms. The van der Waals surface area contributed by atoms with E-state index in [1.807, 2.05) is 0 Å². The van der Waals surface area contributed by atoms with Gasteiger partial charge in [-0.1, -0.05) is 22.6 Å². The van der Waals surface area contributed by atoms with Gasteiger partial charge in [0.15, 0.2) is 5.90 Å². The number of hydrogen-bond acceptors (Lipinski definition) is 2. The van der Waals surface area contributed by atoms with E-state index in [4.69, 9.17) is 4.74 Å². The van der Waals surface area contributed by atoms with E-state index in [0.29, 0.717) is 0 Å². The molecule has 1 heterocycles. The van der Waals surface area contributed by atoms with E-state index >= 15 is 0 Å². The van der Waals surface area contributed by atoms with Gasteiger partial charge in [0.25, 0.3) is 0 Å². The number of halogens is 1. The number of hydrogen-bond donors (Lipinski definition) is 0. The number of aliphatic imine (C=N–C) groups is 1. The average molecular weight is 239 g/mol. The summed E-state index contributed by atoms with van der Waals surface area (Å²) in [5.41, 5.74) is 0.0283. The SMILES string of the molecule is CC1(C)COC(CI)=N1. The Labute approximate surface area is 68.8 Å². The smallest absolute Gasteiger partial charge is 0.194 e. The van der Waals surface area contributed by atoms with Crippen molar-refractivity contribution < 1.29 is 4.74 Å². The maximum Gasteiger partial charge on any atom is 0.194 e. The van der Waals surface area contributed by atoms with Crippen molar-refractivity contribution in [2.24, 2.45) is 4.99 Å². The van der Waals surface area contributed by atoms with Crippen LogP contribution in [0.4, 0.5) is 0 Å². The maximum absolute atomic E-state index is 5.26. The van der Waals surface area contributed by atoms with Crippen molar-refractivity contribution in [3.63, 3.8) is 0 Å². The highest BCUT2D eigenvalue weighted by atomic mass is 127. The van der Waals surface area contributed by atoms with Crippen molar-refractivity contribution >= 4 is 28.5 Å². The second-order valence-electron chi connectivity index (χ2n) is 2.74. The molecule has 1 aliphatic rings. The third-order valence-corrected chi connectivity index (χ3v) is 1.79. The van der Waals surface area contributed by atoms with Gasteiger partial charge in [0.2, 0.25) is 0 Å². The third kappa shape index (κ3) is 1.81. The van der Waals surface area contributed by atoms with E-state index in [0.717, 1.165) is 16.9 Å². The molecule has 0 aromatic heterocycles. The van der Waals surface area contributed by atoms with Gasteiger partial charge in [-0.15, -0.1) is 0 Å². The highest BCUT2D eigenvalue weighted by molar-refractivity contribution is 14.1. The minimum atomic E-state index is 0.0283. The number of ether oxygens (including phenoxy) is 1. The van der Waals surface area contributed by atoms with Crippen molar-refractivity contribution in [2.45, 2.75) is 19.4 Å². The quantitative estimate of drug-likeness (QED) is 0.503. The molecule has 0 aromatic carbocycles. The zero-order valence-corrected chi connectivity index (χ0v) is 7.81. The van der Waals surface area contributed by atoms with E-state index in [1.54, 1.807) is 0 Å². The van der Waals surface area contributed by atoms with Crippen molar-refractivity contribution in [2.75, 3.05) is 11.0 Å². The summed E-state index contributed by atoms with van der Waals surface area (Å²) in [5, 5.41) is 0. The zero-order chi connectivity index (χ0) is 6.91. The highest BCUT2D eigenvalue weighted by Gasteiger charge is 2.24. The van der Waals surface area contributed by atoms with Crippen molar-refractivity contribution in [1.82, 2.24) is 0 Å². The van der Waals surface area contributed by atoms with Gasteiger partial charge in [-0.05, 0) is 13.8 Å². The molecule has 0 amide bonds. The zero-order valence-electron chi connectivity index (χ0n) is 5.65. The highest BCUT2D eigenvalue weighted by Crippen LogP contribution is 2.17. The monoisotopic (exact) mass is 239 g/mol. The lowest BCUT2D eigenvalue weighted by Crippen LogP contribution is -2.17. The lowest BCUT2D eigenvalue weighted by molar-refractivity contribution is 0.278. The van der Waals surface area contributed by atoms with Gasteiger partial charge in [-0.25, -0.2) is 4.99 Å². The Morgan fingerprint density at radius 2 is 2.44 bits per heavy atom. The first-order valence-electron chi connectivity index (χ1n) is 2.91. The molecular formula is C6H10INO. The van der Waals surface area contributed by atoms with Crippen molar-refractivity contribution in [1.29, 1.82) is 0 Å². The predicted octanol–water partition coefficient (Wildman–Crippen LogP) is 1.63. The molecule has 9 heavy (non-hydrogen) atoms. The fourth-order valence-corrected chi connectivity index (χ4v) is 1.12. The summed E-state index contributed by atoms with van der Waals surface area (Å²) in [6, 6.07) is 0. The molecule has 52 valence electrons. The van der Waals surface area contributed by atoms with Crippen LogP contribution < -0.4 is 0 Å². The van der Waals surface area contributed by atoms with E-state index in [1.165, 1.54) is 0 Å². The molecule has 0 spiro atoms. The third-order valence-electron chi connectivity index (χ3n) is 1.13. The van der Waals surface area contributed by atoms with E-state index in [9.17, 15) is 0 Å². The number of alkyl halides is 1. The number of nitrogens with zero attached hydrogens (tertiary/aromatic N) is 1. The van der Waals surface area contributed by atoms with Crippen LogP contribution in [0.5, 0.6) is 0 Å². The van der Waals surface area contributed by atoms with E-state index in [2.05, 4.69) is 41.4 Å². The summed E-state index contributed by atoms with van der Waals surface area (Å²) in [4.78, 5) is 4.33. The molecule has 0 radical (unpaired) electrons. The van der Waals surface area contributed by atoms with E-state index in [-0.39, 0.29) is 5.54 Å².